The van der Waals surface area contributed by atoms with Crippen molar-refractivity contribution in [3.05, 3.63) is 48.2 Å². The van der Waals surface area contributed by atoms with E-state index in [2.05, 4.69) is 9.72 Å². The van der Waals surface area contributed by atoms with Crippen LogP contribution < -0.4 is 10.5 Å². The van der Waals surface area contributed by atoms with E-state index in [0.29, 0.717) is 5.69 Å². The van der Waals surface area contributed by atoms with Crippen LogP contribution in [0.1, 0.15) is 5.56 Å². The molecule has 2 aromatic rings. The Kier molecular flexibility index (Phi) is 7.49. The minimum absolute atomic E-state index is 0. The van der Waals surface area contributed by atoms with E-state index in [1.54, 1.807) is 18.2 Å². The third kappa shape index (κ3) is 5.41. The highest BCUT2D eigenvalue weighted by Gasteiger charge is 2.32. The molecule has 0 aliphatic rings. The van der Waals surface area contributed by atoms with E-state index in [1.807, 2.05) is 0 Å². The second kappa shape index (κ2) is 8.07. The van der Waals surface area contributed by atoms with Crippen molar-refractivity contribution in [3.8, 4) is 17.0 Å². The standard InChI is InChI=1S/C13H11F3N2O.2ClH/c14-13(15,16)19-12-4-2-1-3-10(12)11-7-9(8-17)5-6-18-11;;/h1-7H,8,17H2;2*1H. The van der Waals surface area contributed by atoms with Crippen molar-refractivity contribution in [2.45, 2.75) is 12.9 Å². The van der Waals surface area contributed by atoms with Crippen LogP contribution in [0.3, 0.4) is 0 Å². The normalized spacial score (nSPS) is 10.3. The quantitative estimate of drug-likeness (QED) is 0.920. The number of pyridine rings is 1. The Bertz CT molecular complexity index is 579. The Balaban J connectivity index is 0.00000200. The summed E-state index contributed by atoms with van der Waals surface area (Å²) in [6, 6.07) is 9.20. The highest BCUT2D eigenvalue weighted by Crippen LogP contribution is 2.32. The second-order valence-corrected chi connectivity index (χ2v) is 3.80. The Labute approximate surface area is 132 Å². The minimum atomic E-state index is -4.73. The van der Waals surface area contributed by atoms with E-state index in [4.69, 9.17) is 5.73 Å². The summed E-state index contributed by atoms with van der Waals surface area (Å²) in [5.41, 5.74) is 6.95. The van der Waals surface area contributed by atoms with Crippen LogP contribution in [0.2, 0.25) is 0 Å². The van der Waals surface area contributed by atoms with Gasteiger partial charge in [0.2, 0.25) is 0 Å². The van der Waals surface area contributed by atoms with Crippen LogP contribution in [0.15, 0.2) is 42.6 Å². The summed E-state index contributed by atoms with van der Waals surface area (Å²) in [5, 5.41) is 0. The van der Waals surface area contributed by atoms with Gasteiger partial charge in [-0.2, -0.15) is 0 Å². The molecule has 0 bridgehead atoms. The van der Waals surface area contributed by atoms with Crippen molar-refractivity contribution in [1.29, 1.82) is 0 Å². The summed E-state index contributed by atoms with van der Waals surface area (Å²) in [7, 11) is 0. The Morgan fingerprint density at radius 3 is 2.38 bits per heavy atom. The molecular formula is C13H13Cl2F3N2O. The molecular weight excluding hydrogens is 328 g/mol. The van der Waals surface area contributed by atoms with Gasteiger partial charge in [0, 0.05) is 18.3 Å². The number of alkyl halides is 3. The molecule has 0 amide bonds. The highest BCUT2D eigenvalue weighted by atomic mass is 35.5. The zero-order valence-corrected chi connectivity index (χ0v) is 12.3. The van der Waals surface area contributed by atoms with Crippen LogP contribution in [0.4, 0.5) is 13.2 Å². The first kappa shape index (κ1) is 19.5. The monoisotopic (exact) mass is 340 g/mol. The maximum Gasteiger partial charge on any atom is 0.573 e. The van der Waals surface area contributed by atoms with Crippen molar-refractivity contribution in [2.75, 3.05) is 0 Å². The molecule has 2 N–H and O–H groups in total. The molecule has 0 spiro atoms. The van der Waals surface area contributed by atoms with Crippen LogP contribution in [-0.4, -0.2) is 11.3 Å². The van der Waals surface area contributed by atoms with Crippen LogP contribution in [-0.2, 0) is 6.54 Å². The van der Waals surface area contributed by atoms with E-state index < -0.39 is 6.36 Å². The first-order chi connectivity index (χ1) is 8.99. The molecule has 1 aromatic carbocycles. The molecule has 0 saturated heterocycles. The molecule has 0 unspecified atom stereocenters. The van der Waals surface area contributed by atoms with Gasteiger partial charge in [-0.1, -0.05) is 12.1 Å². The van der Waals surface area contributed by atoms with Crippen molar-refractivity contribution < 1.29 is 17.9 Å². The van der Waals surface area contributed by atoms with Crippen molar-refractivity contribution >= 4 is 24.8 Å². The summed E-state index contributed by atoms with van der Waals surface area (Å²) in [4.78, 5) is 4.05. The third-order valence-corrected chi connectivity index (χ3v) is 2.45. The molecule has 8 heteroatoms. The predicted octanol–water partition coefficient (Wildman–Crippen LogP) is 3.95. The Hall–Kier alpha value is -1.50. The third-order valence-electron chi connectivity index (χ3n) is 2.45. The number of hydrogen-bond donors (Lipinski definition) is 1. The van der Waals surface area contributed by atoms with Gasteiger partial charge >= 0.3 is 6.36 Å². The molecule has 1 aromatic heterocycles. The maximum absolute atomic E-state index is 12.3. The summed E-state index contributed by atoms with van der Waals surface area (Å²) in [5.74, 6) is -0.281. The fourth-order valence-corrected chi connectivity index (χ4v) is 1.64. The number of nitrogens with two attached hydrogens (primary N) is 1. The van der Waals surface area contributed by atoms with Crippen molar-refractivity contribution in [1.82, 2.24) is 4.98 Å². The number of nitrogens with zero attached hydrogens (tertiary/aromatic N) is 1. The lowest BCUT2D eigenvalue weighted by molar-refractivity contribution is -0.274. The largest absolute Gasteiger partial charge is 0.573 e. The number of aromatic nitrogens is 1. The molecule has 3 nitrogen and oxygen atoms in total. The molecule has 0 atom stereocenters. The SMILES string of the molecule is Cl.Cl.NCc1ccnc(-c2ccccc2OC(F)(F)F)c1. The molecule has 1 heterocycles. The van der Waals surface area contributed by atoms with Gasteiger partial charge in [0.15, 0.2) is 0 Å². The average Bonchev–Trinajstić information content (AvgIpc) is 2.37. The lowest BCUT2D eigenvalue weighted by Gasteiger charge is -2.13. The first-order valence-corrected chi connectivity index (χ1v) is 5.50. The number of rotatable bonds is 3. The summed E-state index contributed by atoms with van der Waals surface area (Å²) in [6.07, 6.45) is -3.23. The summed E-state index contributed by atoms with van der Waals surface area (Å²) in [6.45, 7) is 0.289. The molecule has 0 aliphatic heterocycles. The number of benzene rings is 1. The summed E-state index contributed by atoms with van der Waals surface area (Å²) >= 11 is 0. The lowest BCUT2D eigenvalue weighted by Crippen LogP contribution is -2.17. The van der Waals surface area contributed by atoms with Gasteiger partial charge in [-0.15, -0.1) is 38.0 Å². The van der Waals surface area contributed by atoms with Crippen LogP contribution in [0.5, 0.6) is 5.75 Å². The van der Waals surface area contributed by atoms with E-state index in [1.165, 1.54) is 24.4 Å². The zero-order valence-electron chi connectivity index (χ0n) is 10.6. The lowest BCUT2D eigenvalue weighted by atomic mass is 10.1. The fourth-order valence-electron chi connectivity index (χ4n) is 1.64. The van der Waals surface area contributed by atoms with Gasteiger partial charge in [-0.3, -0.25) is 4.98 Å². The molecule has 21 heavy (non-hydrogen) atoms. The minimum Gasteiger partial charge on any atom is -0.405 e. The number of hydrogen-bond acceptors (Lipinski definition) is 3. The molecule has 0 aliphatic carbocycles. The molecule has 0 saturated carbocycles. The van der Waals surface area contributed by atoms with Gasteiger partial charge in [0.05, 0.1) is 5.69 Å². The summed E-state index contributed by atoms with van der Waals surface area (Å²) < 4.78 is 40.9. The predicted molar refractivity (Wildman–Crippen MR) is 78.7 cm³/mol. The molecule has 2 rings (SSSR count). The number of ether oxygens (including phenoxy) is 1. The van der Waals surface area contributed by atoms with Crippen molar-refractivity contribution in [3.63, 3.8) is 0 Å². The topological polar surface area (TPSA) is 48.1 Å². The highest BCUT2D eigenvalue weighted by molar-refractivity contribution is 5.85. The van der Waals surface area contributed by atoms with Gasteiger partial charge in [-0.25, -0.2) is 0 Å². The van der Waals surface area contributed by atoms with E-state index in [-0.39, 0.29) is 42.7 Å². The fraction of sp³-hybridized carbons (Fsp3) is 0.154. The maximum atomic E-state index is 12.3. The zero-order chi connectivity index (χ0) is 13.9. The van der Waals surface area contributed by atoms with E-state index in [9.17, 15) is 13.2 Å². The van der Waals surface area contributed by atoms with Gasteiger partial charge < -0.3 is 10.5 Å². The smallest absolute Gasteiger partial charge is 0.405 e. The van der Waals surface area contributed by atoms with Crippen molar-refractivity contribution in [2.24, 2.45) is 5.73 Å². The van der Waals surface area contributed by atoms with Gasteiger partial charge in [0.1, 0.15) is 5.75 Å². The van der Waals surface area contributed by atoms with Gasteiger partial charge in [-0.05, 0) is 29.8 Å². The van der Waals surface area contributed by atoms with E-state index in [0.717, 1.165) is 5.56 Å². The van der Waals surface area contributed by atoms with Crippen LogP contribution in [0, 0.1) is 0 Å². The Morgan fingerprint density at radius 2 is 1.76 bits per heavy atom. The molecule has 116 valence electrons. The number of halogens is 5. The second-order valence-electron chi connectivity index (χ2n) is 3.80. The molecule has 0 radical (unpaired) electrons. The molecule has 0 fully saturated rings. The number of para-hydroxylation sites is 1. The first-order valence-electron chi connectivity index (χ1n) is 5.50. The van der Waals surface area contributed by atoms with Crippen LogP contribution in [0.25, 0.3) is 11.3 Å². The van der Waals surface area contributed by atoms with Crippen LogP contribution >= 0.6 is 24.8 Å². The Morgan fingerprint density at radius 1 is 1.10 bits per heavy atom. The van der Waals surface area contributed by atoms with E-state index >= 15 is 0 Å². The average molecular weight is 341 g/mol. The van der Waals surface area contributed by atoms with Gasteiger partial charge in [0.25, 0.3) is 0 Å².